The molecule has 3 aromatic rings. The molecule has 0 atom stereocenters. The lowest BCUT2D eigenvalue weighted by Crippen LogP contribution is -2.26. The number of anilines is 1. The lowest BCUT2D eigenvalue weighted by atomic mass is 10.1. The number of aromatic amines is 1. The largest absolute Gasteiger partial charge is 0.322 e. The molecule has 2 aromatic carbocycles. The van der Waals surface area contributed by atoms with Crippen molar-refractivity contribution >= 4 is 11.6 Å². The van der Waals surface area contributed by atoms with Gasteiger partial charge in [-0.05, 0) is 62.4 Å². The quantitative estimate of drug-likeness (QED) is 0.742. The summed E-state index contributed by atoms with van der Waals surface area (Å²) in [4.78, 5) is 25.4. The monoisotopic (exact) mass is 357 g/mol. The molecule has 0 radical (unpaired) electrons. The van der Waals surface area contributed by atoms with Crippen LogP contribution in [0.5, 0.6) is 0 Å². The number of carbonyl (C=O) groups is 1. The van der Waals surface area contributed by atoms with Crippen molar-refractivity contribution < 1.29 is 13.6 Å². The summed E-state index contributed by atoms with van der Waals surface area (Å²) >= 11 is 0. The summed E-state index contributed by atoms with van der Waals surface area (Å²) in [5, 5.41) is 5.51. The zero-order valence-corrected chi connectivity index (χ0v) is 14.2. The van der Waals surface area contributed by atoms with Crippen LogP contribution < -0.4 is 10.9 Å². The van der Waals surface area contributed by atoms with Crippen molar-refractivity contribution in [3.63, 3.8) is 0 Å². The molecule has 1 amide bonds. The number of H-pyrrole nitrogens is 1. The number of rotatable bonds is 4. The fourth-order valence-corrected chi connectivity index (χ4v) is 2.58. The Balaban J connectivity index is 2.06. The van der Waals surface area contributed by atoms with E-state index in [9.17, 15) is 18.4 Å². The van der Waals surface area contributed by atoms with Crippen LogP contribution in [0.4, 0.5) is 14.5 Å². The predicted molar refractivity (Wildman–Crippen MR) is 95.2 cm³/mol. The van der Waals surface area contributed by atoms with Gasteiger partial charge in [-0.2, -0.15) is 0 Å². The molecule has 0 saturated carbocycles. The van der Waals surface area contributed by atoms with Gasteiger partial charge in [-0.25, -0.2) is 13.5 Å². The van der Waals surface area contributed by atoms with Crippen molar-refractivity contribution in [1.82, 2.24) is 9.78 Å². The first-order chi connectivity index (χ1) is 12.4. The highest BCUT2D eigenvalue weighted by Gasteiger charge is 2.23. The summed E-state index contributed by atoms with van der Waals surface area (Å²) in [5.41, 5.74) is 0.585. The third-order valence-electron chi connectivity index (χ3n) is 3.89. The topological polar surface area (TPSA) is 66.9 Å². The van der Waals surface area contributed by atoms with E-state index >= 15 is 0 Å². The second kappa shape index (κ2) is 6.95. The Morgan fingerprint density at radius 1 is 1.00 bits per heavy atom. The first-order valence-electron chi connectivity index (χ1n) is 8.04. The zero-order chi connectivity index (χ0) is 18.8. The van der Waals surface area contributed by atoms with Crippen LogP contribution in [0.15, 0.2) is 53.3 Å². The molecule has 0 aliphatic rings. The number of hydrogen-bond acceptors (Lipinski definition) is 2. The number of aromatic nitrogens is 2. The van der Waals surface area contributed by atoms with Crippen molar-refractivity contribution in [2.45, 2.75) is 19.9 Å². The van der Waals surface area contributed by atoms with Gasteiger partial charge in [0.2, 0.25) is 0 Å². The number of halogens is 2. The number of hydrogen-bond donors (Lipinski definition) is 2. The lowest BCUT2D eigenvalue weighted by Gasteiger charge is -2.05. The fraction of sp³-hybridized carbons (Fsp3) is 0.158. The van der Waals surface area contributed by atoms with E-state index in [1.807, 2.05) is 0 Å². The molecule has 0 spiro atoms. The molecule has 26 heavy (non-hydrogen) atoms. The van der Waals surface area contributed by atoms with Crippen molar-refractivity contribution in [2.24, 2.45) is 0 Å². The highest BCUT2D eigenvalue weighted by Crippen LogP contribution is 2.22. The first-order valence-corrected chi connectivity index (χ1v) is 8.04. The van der Waals surface area contributed by atoms with Gasteiger partial charge in [0, 0.05) is 17.3 Å². The smallest absolute Gasteiger partial charge is 0.280 e. The SMILES string of the molecule is CC(C)n1[nH]c(-c2ccc(F)cc2)c(C(=O)Nc2ccc(F)cc2)c1=O. The molecule has 0 aliphatic heterocycles. The summed E-state index contributed by atoms with van der Waals surface area (Å²) in [6.07, 6.45) is 0. The van der Waals surface area contributed by atoms with Crippen LogP contribution in [0.25, 0.3) is 11.3 Å². The summed E-state index contributed by atoms with van der Waals surface area (Å²) < 4.78 is 27.6. The number of benzene rings is 2. The Hall–Kier alpha value is -3.22. The summed E-state index contributed by atoms with van der Waals surface area (Å²) in [7, 11) is 0. The van der Waals surface area contributed by atoms with E-state index in [0.717, 1.165) is 0 Å². The molecule has 2 N–H and O–H groups in total. The molecule has 1 heterocycles. The average Bonchev–Trinajstić information content (AvgIpc) is 2.95. The second-order valence-corrected chi connectivity index (χ2v) is 6.10. The normalized spacial score (nSPS) is 11.0. The standard InChI is InChI=1S/C19H17F2N3O2/c1-11(2)24-19(26)16(17(23-24)12-3-5-13(20)6-4-12)18(25)22-15-9-7-14(21)8-10-15/h3-11,23H,1-2H3,(H,22,25). The van der Waals surface area contributed by atoms with Gasteiger partial charge in [-0.1, -0.05) is 0 Å². The molecule has 0 fully saturated rings. The third kappa shape index (κ3) is 3.42. The fourth-order valence-electron chi connectivity index (χ4n) is 2.58. The van der Waals surface area contributed by atoms with E-state index in [1.54, 1.807) is 13.8 Å². The highest BCUT2D eigenvalue weighted by atomic mass is 19.1. The van der Waals surface area contributed by atoms with E-state index in [1.165, 1.54) is 53.2 Å². The van der Waals surface area contributed by atoms with Crippen LogP contribution in [0.1, 0.15) is 30.2 Å². The van der Waals surface area contributed by atoms with E-state index < -0.39 is 23.1 Å². The number of nitrogens with one attached hydrogen (secondary N) is 2. The van der Waals surface area contributed by atoms with Crippen LogP contribution >= 0.6 is 0 Å². The molecule has 134 valence electrons. The maximum atomic E-state index is 13.2. The van der Waals surface area contributed by atoms with Crippen molar-refractivity contribution in [3.8, 4) is 11.3 Å². The second-order valence-electron chi connectivity index (χ2n) is 6.10. The molecule has 0 saturated heterocycles. The Labute approximate surface area is 148 Å². The Kier molecular flexibility index (Phi) is 4.71. The van der Waals surface area contributed by atoms with Crippen LogP contribution in [0.2, 0.25) is 0 Å². The van der Waals surface area contributed by atoms with E-state index in [0.29, 0.717) is 16.9 Å². The van der Waals surface area contributed by atoms with Gasteiger partial charge in [0.15, 0.2) is 0 Å². The van der Waals surface area contributed by atoms with Crippen LogP contribution in [0.3, 0.4) is 0 Å². The van der Waals surface area contributed by atoms with Gasteiger partial charge < -0.3 is 5.32 Å². The van der Waals surface area contributed by atoms with Gasteiger partial charge in [0.25, 0.3) is 11.5 Å². The molecular formula is C19H17F2N3O2. The predicted octanol–water partition coefficient (Wildman–Crippen LogP) is 3.95. The minimum Gasteiger partial charge on any atom is -0.322 e. The van der Waals surface area contributed by atoms with E-state index in [4.69, 9.17) is 0 Å². The number of amides is 1. The van der Waals surface area contributed by atoms with Crippen molar-refractivity contribution in [1.29, 1.82) is 0 Å². The summed E-state index contributed by atoms with van der Waals surface area (Å²) in [6.45, 7) is 3.60. The average molecular weight is 357 g/mol. The van der Waals surface area contributed by atoms with Crippen LogP contribution in [0, 0.1) is 11.6 Å². The van der Waals surface area contributed by atoms with Crippen molar-refractivity contribution in [2.75, 3.05) is 5.32 Å². The molecule has 1 aromatic heterocycles. The van der Waals surface area contributed by atoms with Gasteiger partial charge in [0.05, 0.1) is 5.69 Å². The minimum absolute atomic E-state index is 0.0883. The third-order valence-corrected chi connectivity index (χ3v) is 3.89. The maximum Gasteiger partial charge on any atom is 0.280 e. The Morgan fingerprint density at radius 2 is 1.54 bits per heavy atom. The molecular weight excluding hydrogens is 340 g/mol. The van der Waals surface area contributed by atoms with Crippen LogP contribution in [-0.4, -0.2) is 15.7 Å². The highest BCUT2D eigenvalue weighted by molar-refractivity contribution is 6.07. The molecule has 0 unspecified atom stereocenters. The minimum atomic E-state index is -0.628. The molecule has 5 nitrogen and oxygen atoms in total. The molecule has 3 rings (SSSR count). The molecule has 0 aliphatic carbocycles. The summed E-state index contributed by atoms with van der Waals surface area (Å²) in [6, 6.07) is 10.5. The maximum absolute atomic E-state index is 13.2. The molecule has 0 bridgehead atoms. The van der Waals surface area contributed by atoms with E-state index in [2.05, 4.69) is 10.4 Å². The van der Waals surface area contributed by atoms with Crippen molar-refractivity contribution in [3.05, 3.63) is 76.1 Å². The van der Waals surface area contributed by atoms with Gasteiger partial charge >= 0.3 is 0 Å². The molecule has 7 heteroatoms. The van der Waals surface area contributed by atoms with E-state index in [-0.39, 0.29) is 11.6 Å². The van der Waals surface area contributed by atoms with Gasteiger partial charge in [0.1, 0.15) is 17.2 Å². The summed E-state index contributed by atoms with van der Waals surface area (Å²) in [5.74, 6) is -1.48. The van der Waals surface area contributed by atoms with Gasteiger partial charge in [-0.3, -0.25) is 14.7 Å². The Bertz CT molecular complexity index is 987. The number of nitrogens with zero attached hydrogens (tertiary/aromatic N) is 1. The van der Waals surface area contributed by atoms with Gasteiger partial charge in [-0.15, -0.1) is 0 Å². The Morgan fingerprint density at radius 3 is 2.08 bits per heavy atom. The van der Waals surface area contributed by atoms with Crippen LogP contribution in [-0.2, 0) is 0 Å². The number of carbonyl (C=O) groups excluding carboxylic acids is 1. The first kappa shape index (κ1) is 17.6. The zero-order valence-electron chi connectivity index (χ0n) is 14.2. The lowest BCUT2D eigenvalue weighted by molar-refractivity contribution is 0.102.